The van der Waals surface area contributed by atoms with Gasteiger partial charge in [0.2, 0.25) is 0 Å². The Morgan fingerprint density at radius 3 is 1.69 bits per heavy atom. The van der Waals surface area contributed by atoms with Gasteiger partial charge in [-0.3, -0.25) is 9.97 Å². The summed E-state index contributed by atoms with van der Waals surface area (Å²) in [5, 5.41) is 0. The number of pyridine rings is 2. The van der Waals surface area contributed by atoms with Gasteiger partial charge in [0.05, 0.1) is 11.4 Å². The van der Waals surface area contributed by atoms with Gasteiger partial charge in [0, 0.05) is 23.5 Å². The molecule has 0 aliphatic heterocycles. The van der Waals surface area contributed by atoms with Gasteiger partial charge in [-0.05, 0) is 12.1 Å². The van der Waals surface area contributed by atoms with Crippen LogP contribution < -0.4 is 0 Å². The van der Waals surface area contributed by atoms with Gasteiger partial charge in [-0.25, -0.2) is 0 Å². The first kappa shape index (κ1) is 9.04. The maximum atomic E-state index is 4.41. The summed E-state index contributed by atoms with van der Waals surface area (Å²) >= 11 is 0. The van der Waals surface area contributed by atoms with Crippen LogP contribution in [0.2, 0.25) is 0 Å². The first-order valence-electron chi connectivity index (χ1n) is 5.20. The second-order valence-corrected chi connectivity index (χ2v) is 3.60. The van der Waals surface area contributed by atoms with Gasteiger partial charge in [-0.15, -0.1) is 0 Å². The van der Waals surface area contributed by atoms with E-state index in [1.54, 1.807) is 12.4 Å². The summed E-state index contributed by atoms with van der Waals surface area (Å²) in [7, 11) is 0. The SMILES string of the molecule is C1=C\c2cccnc2-c2ncccc2\C=C/1. The van der Waals surface area contributed by atoms with Crippen molar-refractivity contribution < 1.29 is 0 Å². The minimum absolute atomic E-state index is 0.943. The van der Waals surface area contributed by atoms with Crippen LogP contribution in [0, 0.1) is 0 Å². The molecule has 3 rings (SSSR count). The van der Waals surface area contributed by atoms with Gasteiger partial charge in [0.25, 0.3) is 0 Å². The molecule has 0 saturated heterocycles. The average molecular weight is 206 g/mol. The molecule has 16 heavy (non-hydrogen) atoms. The van der Waals surface area contributed by atoms with Crippen LogP contribution in [0.3, 0.4) is 0 Å². The lowest BCUT2D eigenvalue weighted by Gasteiger charge is -2.08. The highest BCUT2D eigenvalue weighted by atomic mass is 14.8. The number of nitrogens with zero attached hydrogens (tertiary/aromatic N) is 2. The molecule has 0 saturated carbocycles. The Morgan fingerprint density at radius 1 is 0.688 bits per heavy atom. The third-order valence-electron chi connectivity index (χ3n) is 2.56. The lowest BCUT2D eigenvalue weighted by atomic mass is 10.0. The van der Waals surface area contributed by atoms with E-state index in [2.05, 4.69) is 34.3 Å². The minimum atomic E-state index is 0.943. The molecule has 0 radical (unpaired) electrons. The zero-order valence-corrected chi connectivity index (χ0v) is 8.67. The number of hydrogen-bond acceptors (Lipinski definition) is 2. The fourth-order valence-electron chi connectivity index (χ4n) is 1.82. The topological polar surface area (TPSA) is 25.8 Å². The molecule has 0 amide bonds. The summed E-state index contributed by atoms with van der Waals surface area (Å²) in [4.78, 5) is 8.83. The van der Waals surface area contributed by atoms with Gasteiger partial charge >= 0.3 is 0 Å². The molecule has 2 heterocycles. The van der Waals surface area contributed by atoms with E-state index in [1.807, 2.05) is 24.3 Å². The Balaban J connectivity index is 2.34. The van der Waals surface area contributed by atoms with Crippen molar-refractivity contribution in [1.29, 1.82) is 0 Å². The standard InChI is InChI=1S/C14H10N2/c1-2-6-12-8-4-10-16-14(12)13-11(5-1)7-3-9-15-13/h1-10H/b2-1?,5-1-,6-2-,11-5?,12-6?,14-13?. The summed E-state index contributed by atoms with van der Waals surface area (Å²) in [5.74, 6) is 0. The highest BCUT2D eigenvalue weighted by Crippen LogP contribution is 2.26. The quantitative estimate of drug-likeness (QED) is 0.661. The summed E-state index contributed by atoms with van der Waals surface area (Å²) < 4.78 is 0. The second-order valence-electron chi connectivity index (χ2n) is 3.60. The van der Waals surface area contributed by atoms with Crippen LogP contribution in [-0.4, -0.2) is 9.97 Å². The molecular weight excluding hydrogens is 196 g/mol. The Bertz CT molecular complexity index is 529. The van der Waals surface area contributed by atoms with Crippen molar-refractivity contribution >= 4 is 12.2 Å². The summed E-state index contributed by atoms with van der Waals surface area (Å²) in [6.45, 7) is 0. The third kappa shape index (κ3) is 1.44. The Morgan fingerprint density at radius 2 is 1.19 bits per heavy atom. The van der Waals surface area contributed by atoms with Gasteiger partial charge < -0.3 is 0 Å². The number of hydrogen-bond donors (Lipinski definition) is 0. The van der Waals surface area contributed by atoms with E-state index < -0.39 is 0 Å². The van der Waals surface area contributed by atoms with E-state index in [-0.39, 0.29) is 0 Å². The lowest BCUT2D eigenvalue weighted by molar-refractivity contribution is 1.23. The van der Waals surface area contributed by atoms with Crippen molar-refractivity contribution in [1.82, 2.24) is 9.97 Å². The normalized spacial score (nSPS) is 16.5. The lowest BCUT2D eigenvalue weighted by Crippen LogP contribution is -1.94. The molecule has 76 valence electrons. The van der Waals surface area contributed by atoms with E-state index in [0.717, 1.165) is 22.5 Å². The van der Waals surface area contributed by atoms with Crippen molar-refractivity contribution in [3.05, 3.63) is 59.9 Å². The number of aromatic nitrogens is 2. The molecule has 1 aliphatic rings. The van der Waals surface area contributed by atoms with Crippen LogP contribution in [0.25, 0.3) is 23.5 Å². The van der Waals surface area contributed by atoms with Crippen molar-refractivity contribution in [2.75, 3.05) is 0 Å². The number of rotatable bonds is 0. The molecule has 2 aromatic heterocycles. The van der Waals surface area contributed by atoms with Crippen LogP contribution in [0.15, 0.2) is 48.8 Å². The molecule has 2 aromatic rings. The molecule has 0 aromatic carbocycles. The van der Waals surface area contributed by atoms with Gasteiger partial charge in [0.1, 0.15) is 0 Å². The Hall–Kier alpha value is -2.22. The van der Waals surface area contributed by atoms with Crippen LogP contribution in [-0.2, 0) is 0 Å². The number of allylic oxidation sites excluding steroid dienone is 2. The largest absolute Gasteiger partial charge is 0.254 e. The summed E-state index contributed by atoms with van der Waals surface area (Å²) in [6.07, 6.45) is 11.8. The summed E-state index contributed by atoms with van der Waals surface area (Å²) in [5.41, 5.74) is 4.09. The average Bonchev–Trinajstić information content (AvgIpc) is 2.33. The van der Waals surface area contributed by atoms with Crippen molar-refractivity contribution in [3.8, 4) is 11.4 Å². The fourth-order valence-corrected chi connectivity index (χ4v) is 1.82. The molecule has 0 N–H and O–H groups in total. The van der Waals surface area contributed by atoms with E-state index in [1.165, 1.54) is 0 Å². The first-order chi connectivity index (χ1) is 7.95. The maximum absolute atomic E-state index is 4.41. The smallest absolute Gasteiger partial charge is 0.0964 e. The monoisotopic (exact) mass is 206 g/mol. The van der Waals surface area contributed by atoms with E-state index in [0.29, 0.717) is 0 Å². The molecular formula is C14H10N2. The van der Waals surface area contributed by atoms with Crippen LogP contribution >= 0.6 is 0 Å². The Kier molecular flexibility index (Phi) is 2.11. The zero-order valence-electron chi connectivity index (χ0n) is 8.67. The molecule has 0 spiro atoms. The molecule has 2 heteroatoms. The maximum Gasteiger partial charge on any atom is 0.0964 e. The van der Waals surface area contributed by atoms with Crippen molar-refractivity contribution in [2.45, 2.75) is 0 Å². The van der Waals surface area contributed by atoms with E-state index >= 15 is 0 Å². The molecule has 0 atom stereocenters. The third-order valence-corrected chi connectivity index (χ3v) is 2.56. The van der Waals surface area contributed by atoms with Crippen LogP contribution in [0.1, 0.15) is 11.1 Å². The highest BCUT2D eigenvalue weighted by Gasteiger charge is 2.09. The summed E-state index contributed by atoms with van der Waals surface area (Å²) in [6, 6.07) is 7.99. The van der Waals surface area contributed by atoms with Crippen LogP contribution in [0.5, 0.6) is 0 Å². The van der Waals surface area contributed by atoms with E-state index in [9.17, 15) is 0 Å². The fraction of sp³-hybridized carbons (Fsp3) is 0. The predicted molar refractivity (Wildman–Crippen MR) is 65.5 cm³/mol. The van der Waals surface area contributed by atoms with E-state index in [4.69, 9.17) is 0 Å². The van der Waals surface area contributed by atoms with Crippen LogP contribution in [0.4, 0.5) is 0 Å². The van der Waals surface area contributed by atoms with Gasteiger partial charge in [-0.2, -0.15) is 0 Å². The molecule has 0 fully saturated rings. The molecule has 0 bridgehead atoms. The predicted octanol–water partition coefficient (Wildman–Crippen LogP) is 3.18. The molecule has 0 unspecified atom stereocenters. The second kappa shape index (κ2) is 3.74. The zero-order chi connectivity index (χ0) is 10.8. The van der Waals surface area contributed by atoms with Gasteiger partial charge in [0.15, 0.2) is 0 Å². The van der Waals surface area contributed by atoms with Crippen molar-refractivity contribution in [3.63, 3.8) is 0 Å². The molecule has 2 nitrogen and oxygen atoms in total. The Labute approximate surface area is 94.0 Å². The molecule has 1 aliphatic carbocycles. The van der Waals surface area contributed by atoms with Crippen molar-refractivity contribution in [2.24, 2.45) is 0 Å². The minimum Gasteiger partial charge on any atom is -0.254 e. The highest BCUT2D eigenvalue weighted by molar-refractivity contribution is 5.78. The van der Waals surface area contributed by atoms with Gasteiger partial charge in [-0.1, -0.05) is 36.4 Å². The number of fused-ring (bicyclic) bond motifs is 3. The first-order valence-corrected chi connectivity index (χ1v) is 5.20.